The van der Waals surface area contributed by atoms with Gasteiger partial charge < -0.3 is 15.2 Å². The van der Waals surface area contributed by atoms with Crippen molar-refractivity contribution in [1.29, 1.82) is 0 Å². The minimum atomic E-state index is -0.981. The number of nitrogens with one attached hydrogen (secondary N) is 1. The largest absolute Gasteiger partial charge is 0.478 e. The number of methoxy groups -OCH3 is 1. The molecular formula is C13H14N2O4S2. The highest BCUT2D eigenvalue weighted by Gasteiger charge is 2.10. The lowest BCUT2D eigenvalue weighted by Crippen LogP contribution is -2.14. The van der Waals surface area contributed by atoms with Crippen LogP contribution < -0.4 is 5.32 Å². The molecular weight excluding hydrogens is 312 g/mol. The van der Waals surface area contributed by atoms with Gasteiger partial charge in [0.05, 0.1) is 28.1 Å². The fraction of sp³-hybridized carbons (Fsp3) is 0.308. The Bertz CT molecular complexity index is 657. The zero-order valence-electron chi connectivity index (χ0n) is 11.3. The van der Waals surface area contributed by atoms with E-state index in [1.807, 2.05) is 0 Å². The molecule has 0 atom stereocenters. The second kappa shape index (κ2) is 7.39. The van der Waals surface area contributed by atoms with E-state index in [9.17, 15) is 9.59 Å². The third-order valence-corrected chi connectivity index (χ3v) is 4.40. The molecule has 1 heterocycles. The van der Waals surface area contributed by atoms with Crippen molar-refractivity contribution >= 4 is 50.3 Å². The van der Waals surface area contributed by atoms with Crippen molar-refractivity contribution in [3.05, 3.63) is 23.8 Å². The molecule has 1 amide bonds. The van der Waals surface area contributed by atoms with Crippen LogP contribution in [0.25, 0.3) is 10.2 Å². The zero-order valence-corrected chi connectivity index (χ0v) is 12.9. The van der Waals surface area contributed by atoms with Crippen molar-refractivity contribution in [2.75, 3.05) is 30.5 Å². The number of benzene rings is 1. The number of ether oxygens (including phenoxy) is 1. The summed E-state index contributed by atoms with van der Waals surface area (Å²) in [5.74, 6) is -0.0233. The smallest absolute Gasteiger partial charge is 0.335 e. The summed E-state index contributed by atoms with van der Waals surface area (Å²) in [6.07, 6.45) is 0. The lowest BCUT2D eigenvalue weighted by Gasteiger charge is -2.01. The second-order valence-electron chi connectivity index (χ2n) is 4.10. The van der Waals surface area contributed by atoms with E-state index in [2.05, 4.69) is 10.3 Å². The number of carboxylic acids is 1. The summed E-state index contributed by atoms with van der Waals surface area (Å²) in [5.41, 5.74) is 0.881. The van der Waals surface area contributed by atoms with Gasteiger partial charge in [-0.25, -0.2) is 9.78 Å². The van der Waals surface area contributed by atoms with Crippen LogP contribution in [0.1, 0.15) is 10.4 Å². The summed E-state index contributed by atoms with van der Waals surface area (Å²) in [5, 5.41) is 12.1. The highest BCUT2D eigenvalue weighted by Crippen LogP contribution is 2.26. The number of carboxylic acid groups (broad SMARTS) is 1. The first kappa shape index (κ1) is 15.7. The maximum absolute atomic E-state index is 11.7. The predicted octanol–water partition coefficient (Wildman–Crippen LogP) is 2.31. The summed E-state index contributed by atoms with van der Waals surface area (Å²) in [6.45, 7) is 0.608. The van der Waals surface area contributed by atoms with E-state index in [4.69, 9.17) is 9.84 Å². The van der Waals surface area contributed by atoms with Crippen molar-refractivity contribution in [1.82, 2.24) is 4.98 Å². The van der Waals surface area contributed by atoms with Gasteiger partial charge in [-0.15, -0.1) is 11.8 Å². The molecule has 0 radical (unpaired) electrons. The van der Waals surface area contributed by atoms with Gasteiger partial charge in [-0.05, 0) is 18.2 Å². The van der Waals surface area contributed by atoms with E-state index in [0.29, 0.717) is 23.0 Å². The van der Waals surface area contributed by atoms with Crippen LogP contribution in [-0.2, 0) is 9.53 Å². The van der Waals surface area contributed by atoms with Gasteiger partial charge >= 0.3 is 5.97 Å². The van der Waals surface area contributed by atoms with Gasteiger partial charge in [0.1, 0.15) is 0 Å². The maximum atomic E-state index is 11.7. The van der Waals surface area contributed by atoms with Crippen LogP contribution in [0.5, 0.6) is 0 Å². The number of carbonyl (C=O) groups excluding carboxylic acids is 1. The number of aromatic carboxylic acids is 1. The summed E-state index contributed by atoms with van der Waals surface area (Å²) in [6, 6.07) is 4.69. The molecule has 8 heteroatoms. The summed E-state index contributed by atoms with van der Waals surface area (Å²) >= 11 is 2.74. The van der Waals surface area contributed by atoms with Crippen molar-refractivity contribution in [3.8, 4) is 0 Å². The van der Waals surface area contributed by atoms with Gasteiger partial charge in [0.15, 0.2) is 5.13 Å². The molecule has 0 saturated heterocycles. The number of hydrogen-bond donors (Lipinski definition) is 2. The SMILES string of the molecule is COCCSCC(=O)Nc1nc2ccc(C(=O)O)cc2s1. The number of anilines is 1. The number of nitrogens with zero attached hydrogens (tertiary/aromatic N) is 1. The molecule has 2 N–H and O–H groups in total. The first-order valence-corrected chi connectivity index (χ1v) is 8.07. The number of hydrogen-bond acceptors (Lipinski definition) is 6. The molecule has 112 valence electrons. The molecule has 2 rings (SSSR count). The first-order valence-electron chi connectivity index (χ1n) is 6.10. The minimum Gasteiger partial charge on any atom is -0.478 e. The van der Waals surface area contributed by atoms with Crippen LogP contribution in [0, 0.1) is 0 Å². The summed E-state index contributed by atoms with van der Waals surface area (Å²) in [7, 11) is 1.62. The standard InChI is InChI=1S/C13H14N2O4S2/c1-19-4-5-20-7-11(16)15-13-14-9-3-2-8(12(17)18)6-10(9)21-13/h2-3,6H,4-5,7H2,1H3,(H,17,18)(H,14,15,16). The molecule has 1 aromatic carbocycles. The lowest BCUT2D eigenvalue weighted by molar-refractivity contribution is -0.113. The van der Waals surface area contributed by atoms with Crippen LogP contribution in [0.15, 0.2) is 18.2 Å². The Morgan fingerprint density at radius 2 is 2.29 bits per heavy atom. The molecule has 0 aliphatic carbocycles. The number of amides is 1. The molecule has 0 aliphatic heterocycles. The Balaban J connectivity index is 1.99. The summed E-state index contributed by atoms with van der Waals surface area (Å²) < 4.78 is 5.64. The second-order valence-corrected chi connectivity index (χ2v) is 6.24. The van der Waals surface area contributed by atoms with Crippen LogP contribution in [-0.4, -0.2) is 47.2 Å². The number of thiazole rings is 1. The normalized spacial score (nSPS) is 10.7. The number of aromatic nitrogens is 1. The van der Waals surface area contributed by atoms with Crippen molar-refractivity contribution in [2.24, 2.45) is 0 Å². The molecule has 21 heavy (non-hydrogen) atoms. The highest BCUT2D eigenvalue weighted by molar-refractivity contribution is 7.99. The molecule has 0 fully saturated rings. The molecule has 1 aromatic heterocycles. The molecule has 0 saturated carbocycles. The first-order chi connectivity index (χ1) is 10.1. The Labute approximate surface area is 129 Å². The van der Waals surface area contributed by atoms with Gasteiger partial charge in [-0.3, -0.25) is 4.79 Å². The zero-order chi connectivity index (χ0) is 15.2. The number of fused-ring (bicyclic) bond motifs is 1. The monoisotopic (exact) mass is 326 g/mol. The van der Waals surface area contributed by atoms with Gasteiger partial charge in [-0.1, -0.05) is 11.3 Å². The number of rotatable bonds is 7. The molecule has 2 aromatic rings. The van der Waals surface area contributed by atoms with E-state index in [1.165, 1.54) is 29.2 Å². The molecule has 0 aliphatic rings. The predicted molar refractivity (Wildman–Crippen MR) is 84.4 cm³/mol. The van der Waals surface area contributed by atoms with E-state index in [1.54, 1.807) is 19.2 Å². The van der Waals surface area contributed by atoms with Gasteiger partial charge in [0, 0.05) is 12.9 Å². The van der Waals surface area contributed by atoms with Crippen LogP contribution >= 0.6 is 23.1 Å². The third-order valence-electron chi connectivity index (χ3n) is 2.55. The Hall–Kier alpha value is -1.64. The van der Waals surface area contributed by atoms with Crippen molar-refractivity contribution in [3.63, 3.8) is 0 Å². The average molecular weight is 326 g/mol. The fourth-order valence-electron chi connectivity index (χ4n) is 1.57. The fourth-order valence-corrected chi connectivity index (χ4v) is 3.18. The van der Waals surface area contributed by atoms with E-state index in [-0.39, 0.29) is 11.5 Å². The Morgan fingerprint density at radius 1 is 1.48 bits per heavy atom. The van der Waals surface area contributed by atoms with Crippen molar-refractivity contribution < 1.29 is 19.4 Å². The van der Waals surface area contributed by atoms with Crippen LogP contribution in [0.4, 0.5) is 5.13 Å². The van der Waals surface area contributed by atoms with Gasteiger partial charge in [0.25, 0.3) is 0 Å². The van der Waals surface area contributed by atoms with Gasteiger partial charge in [-0.2, -0.15) is 0 Å². The van der Waals surface area contributed by atoms with Crippen LogP contribution in [0.3, 0.4) is 0 Å². The van der Waals surface area contributed by atoms with Crippen LogP contribution in [0.2, 0.25) is 0 Å². The van der Waals surface area contributed by atoms with E-state index >= 15 is 0 Å². The Kier molecular flexibility index (Phi) is 5.54. The van der Waals surface area contributed by atoms with Crippen molar-refractivity contribution in [2.45, 2.75) is 0 Å². The molecule has 0 spiro atoms. The number of carbonyl (C=O) groups is 2. The third kappa shape index (κ3) is 4.42. The molecule has 6 nitrogen and oxygen atoms in total. The lowest BCUT2D eigenvalue weighted by atomic mass is 10.2. The summed E-state index contributed by atoms with van der Waals surface area (Å²) in [4.78, 5) is 26.9. The van der Waals surface area contributed by atoms with Gasteiger partial charge in [0.2, 0.25) is 5.91 Å². The van der Waals surface area contributed by atoms with E-state index in [0.717, 1.165) is 10.5 Å². The Morgan fingerprint density at radius 3 is 3.00 bits per heavy atom. The average Bonchev–Trinajstić information content (AvgIpc) is 2.84. The van der Waals surface area contributed by atoms with E-state index < -0.39 is 5.97 Å². The maximum Gasteiger partial charge on any atom is 0.335 e. The highest BCUT2D eigenvalue weighted by atomic mass is 32.2. The molecule has 0 unspecified atom stereocenters. The molecule has 0 bridgehead atoms. The number of thioether (sulfide) groups is 1. The quantitative estimate of drug-likeness (QED) is 0.759. The topological polar surface area (TPSA) is 88.5 Å². The minimum absolute atomic E-state index is 0.131.